The highest BCUT2D eigenvalue weighted by Gasteiger charge is 2.32. The fourth-order valence-corrected chi connectivity index (χ4v) is 3.69. The fourth-order valence-electron chi connectivity index (χ4n) is 3.69. The van der Waals surface area contributed by atoms with Crippen LogP contribution in [0, 0.1) is 0 Å². The van der Waals surface area contributed by atoms with Crippen molar-refractivity contribution in [1.29, 1.82) is 0 Å². The van der Waals surface area contributed by atoms with E-state index in [1.807, 2.05) is 6.92 Å². The van der Waals surface area contributed by atoms with Crippen molar-refractivity contribution in [3.8, 4) is 0 Å². The zero-order valence-corrected chi connectivity index (χ0v) is 18.5. The summed E-state index contributed by atoms with van der Waals surface area (Å²) in [6, 6.07) is 13.5. The number of esters is 1. The molecule has 0 spiro atoms. The Kier molecular flexibility index (Phi) is 6.18. The van der Waals surface area contributed by atoms with E-state index in [9.17, 15) is 24.0 Å². The van der Waals surface area contributed by atoms with Gasteiger partial charge < -0.3 is 10.1 Å². The van der Waals surface area contributed by atoms with Gasteiger partial charge in [-0.1, -0.05) is 43.3 Å². The second-order valence-corrected chi connectivity index (χ2v) is 7.75. The van der Waals surface area contributed by atoms with E-state index in [4.69, 9.17) is 4.74 Å². The van der Waals surface area contributed by atoms with Gasteiger partial charge in [0.05, 0.1) is 11.3 Å². The third-order valence-electron chi connectivity index (χ3n) is 5.37. The summed E-state index contributed by atoms with van der Waals surface area (Å²) in [4.78, 5) is 63.0. The fraction of sp³-hybridized carbons (Fsp3) is 0.200. The normalized spacial score (nSPS) is 13.0. The molecule has 4 rings (SSSR count). The van der Waals surface area contributed by atoms with Gasteiger partial charge in [0.1, 0.15) is 0 Å². The zero-order chi connectivity index (χ0) is 24.4. The number of rotatable bonds is 6. The van der Waals surface area contributed by atoms with Crippen LogP contribution < -0.4 is 10.9 Å². The Morgan fingerprint density at radius 1 is 0.941 bits per heavy atom. The molecule has 1 aromatic heterocycles. The largest absolute Gasteiger partial charge is 0.448 e. The predicted octanol–water partition coefficient (Wildman–Crippen LogP) is 2.61. The molecule has 0 bridgehead atoms. The van der Waals surface area contributed by atoms with Crippen LogP contribution in [-0.4, -0.2) is 39.3 Å². The van der Waals surface area contributed by atoms with Crippen molar-refractivity contribution in [2.45, 2.75) is 32.9 Å². The van der Waals surface area contributed by atoms with Crippen LogP contribution in [0.4, 0.5) is 5.69 Å². The van der Waals surface area contributed by atoms with Crippen molar-refractivity contribution in [2.24, 2.45) is 0 Å². The highest BCUT2D eigenvalue weighted by atomic mass is 16.5. The molecule has 9 heteroatoms. The van der Waals surface area contributed by atoms with Crippen LogP contribution in [0.25, 0.3) is 0 Å². The number of amides is 1. The number of fused-ring (bicyclic) bond motifs is 2. The van der Waals surface area contributed by atoms with Gasteiger partial charge in [0, 0.05) is 29.3 Å². The summed E-state index contributed by atoms with van der Waals surface area (Å²) in [7, 11) is 0. The molecule has 0 fully saturated rings. The molecule has 34 heavy (non-hydrogen) atoms. The molecular formula is C25H21N3O6. The van der Waals surface area contributed by atoms with Crippen LogP contribution in [0.15, 0.2) is 59.4 Å². The van der Waals surface area contributed by atoms with Gasteiger partial charge >= 0.3 is 5.97 Å². The minimum atomic E-state index is -1.24. The van der Waals surface area contributed by atoms with Crippen LogP contribution in [0.2, 0.25) is 0 Å². The Morgan fingerprint density at radius 2 is 1.62 bits per heavy atom. The average molecular weight is 459 g/mol. The van der Waals surface area contributed by atoms with Gasteiger partial charge in [-0.3, -0.25) is 19.2 Å². The van der Waals surface area contributed by atoms with Crippen LogP contribution in [0.1, 0.15) is 62.6 Å². The first-order chi connectivity index (χ1) is 16.3. The number of carbonyl (C=O) groups excluding carboxylic acids is 4. The highest BCUT2D eigenvalue weighted by Crippen LogP contribution is 2.32. The van der Waals surface area contributed by atoms with E-state index < -0.39 is 18.0 Å². The van der Waals surface area contributed by atoms with Gasteiger partial charge in [-0.05, 0) is 25.5 Å². The number of carbonyl (C=O) groups is 4. The number of hydrogen-bond donors (Lipinski definition) is 1. The third-order valence-corrected chi connectivity index (χ3v) is 5.37. The number of hydrogen-bond acceptors (Lipinski definition) is 7. The van der Waals surface area contributed by atoms with E-state index in [0.29, 0.717) is 18.5 Å². The lowest BCUT2D eigenvalue weighted by Crippen LogP contribution is -2.32. The Balaban J connectivity index is 1.53. The van der Waals surface area contributed by atoms with Gasteiger partial charge in [0.15, 0.2) is 23.4 Å². The first kappa shape index (κ1) is 22.8. The summed E-state index contributed by atoms with van der Waals surface area (Å²) < 4.78 is 6.36. The number of ketones is 2. The summed E-state index contributed by atoms with van der Waals surface area (Å²) in [5.74, 6) is -2.26. The van der Waals surface area contributed by atoms with Gasteiger partial charge in [-0.2, -0.15) is 5.10 Å². The first-order valence-electron chi connectivity index (χ1n) is 10.7. The average Bonchev–Trinajstić information content (AvgIpc) is 2.83. The highest BCUT2D eigenvalue weighted by molar-refractivity contribution is 6.30. The van der Waals surface area contributed by atoms with Gasteiger partial charge in [0.2, 0.25) is 0 Å². The lowest BCUT2D eigenvalue weighted by Gasteiger charge is -2.21. The van der Waals surface area contributed by atoms with Crippen LogP contribution in [0.3, 0.4) is 0 Å². The summed E-state index contributed by atoms with van der Waals surface area (Å²) in [6.07, 6.45) is -0.587. The Hall–Kier alpha value is -4.40. The molecule has 0 radical (unpaired) electrons. The molecule has 9 nitrogen and oxygen atoms in total. The molecule has 0 aliphatic heterocycles. The van der Waals surface area contributed by atoms with Crippen molar-refractivity contribution < 1.29 is 23.9 Å². The van der Waals surface area contributed by atoms with Crippen molar-refractivity contribution in [3.63, 3.8) is 0 Å². The maximum atomic E-state index is 13.1. The topological polar surface area (TPSA) is 124 Å². The Bertz CT molecular complexity index is 1390. The molecule has 1 N–H and O–H groups in total. The van der Waals surface area contributed by atoms with Crippen LogP contribution in [0.5, 0.6) is 0 Å². The minimum Gasteiger partial charge on any atom is -0.448 e. The maximum Gasteiger partial charge on any atom is 0.359 e. The summed E-state index contributed by atoms with van der Waals surface area (Å²) >= 11 is 0. The lowest BCUT2D eigenvalue weighted by molar-refractivity contribution is -0.123. The molecule has 0 saturated carbocycles. The SMILES string of the molecule is CCCn1nc(C(=O)OC(C)C(=O)Nc2cccc3c2C(=O)c2ccccc2C3=O)ccc1=O. The maximum absolute atomic E-state index is 13.1. The van der Waals surface area contributed by atoms with E-state index in [0.717, 1.165) is 4.68 Å². The summed E-state index contributed by atoms with van der Waals surface area (Å²) in [5, 5.41) is 6.56. The van der Waals surface area contributed by atoms with Crippen LogP contribution in [-0.2, 0) is 16.1 Å². The quantitative estimate of drug-likeness (QED) is 0.440. The van der Waals surface area contributed by atoms with E-state index in [-0.39, 0.29) is 45.2 Å². The predicted molar refractivity (Wildman–Crippen MR) is 122 cm³/mol. The molecule has 1 unspecified atom stereocenters. The van der Waals surface area contributed by atoms with E-state index in [2.05, 4.69) is 10.4 Å². The monoisotopic (exact) mass is 459 g/mol. The molecule has 0 saturated heterocycles. The standard InChI is InChI=1S/C25H21N3O6/c1-3-13-28-20(29)12-11-19(27-28)25(33)34-14(2)24(32)26-18-10-6-9-17-21(18)23(31)16-8-5-4-7-15(16)22(17)30/h4-12,14H,3,13H2,1-2H3,(H,26,32). The van der Waals surface area contributed by atoms with Crippen molar-refractivity contribution in [1.82, 2.24) is 9.78 Å². The molecule has 172 valence electrons. The van der Waals surface area contributed by atoms with Crippen LogP contribution >= 0.6 is 0 Å². The van der Waals surface area contributed by atoms with Gasteiger partial charge in [-0.25, -0.2) is 9.48 Å². The first-order valence-corrected chi connectivity index (χ1v) is 10.7. The number of benzene rings is 2. The van der Waals surface area contributed by atoms with Crippen molar-refractivity contribution in [3.05, 3.63) is 92.9 Å². The molecular weight excluding hydrogens is 438 g/mol. The Morgan fingerprint density at radius 3 is 2.32 bits per heavy atom. The second kappa shape index (κ2) is 9.22. The van der Waals surface area contributed by atoms with Gasteiger partial charge in [-0.15, -0.1) is 0 Å². The lowest BCUT2D eigenvalue weighted by atomic mass is 9.83. The molecule has 1 heterocycles. The second-order valence-electron chi connectivity index (χ2n) is 7.75. The number of nitrogens with zero attached hydrogens (tertiary/aromatic N) is 2. The molecule has 1 aliphatic carbocycles. The summed E-state index contributed by atoms with van der Waals surface area (Å²) in [5.41, 5.74) is 0.533. The van der Waals surface area contributed by atoms with Crippen molar-refractivity contribution in [2.75, 3.05) is 5.32 Å². The summed E-state index contributed by atoms with van der Waals surface area (Å²) in [6.45, 7) is 3.57. The number of aryl methyl sites for hydroxylation is 1. The number of nitrogens with one attached hydrogen (secondary N) is 1. The molecule has 1 atom stereocenters. The smallest absolute Gasteiger partial charge is 0.359 e. The van der Waals surface area contributed by atoms with E-state index in [1.54, 1.807) is 30.3 Å². The third kappa shape index (κ3) is 4.15. The van der Waals surface area contributed by atoms with E-state index in [1.165, 1.54) is 31.2 Å². The number of anilines is 1. The van der Waals surface area contributed by atoms with E-state index >= 15 is 0 Å². The molecule has 1 amide bonds. The zero-order valence-electron chi connectivity index (χ0n) is 18.5. The number of aromatic nitrogens is 2. The molecule has 1 aliphatic rings. The Labute approximate surface area is 194 Å². The van der Waals surface area contributed by atoms with Gasteiger partial charge in [0.25, 0.3) is 11.5 Å². The van der Waals surface area contributed by atoms with Crippen molar-refractivity contribution >= 4 is 29.1 Å². The number of ether oxygens (including phenoxy) is 1. The minimum absolute atomic E-state index is 0.0892. The molecule has 2 aromatic carbocycles. The molecule has 3 aromatic rings.